The SMILES string of the molecule is Cc1ccc(C(=O)NC2CC(=O)N(c3ccc(F)cc3)C2)cc1C. The molecule has 1 heterocycles. The number of hydrogen-bond acceptors (Lipinski definition) is 2. The van der Waals surface area contributed by atoms with Crippen LogP contribution in [0.15, 0.2) is 42.5 Å². The van der Waals surface area contributed by atoms with E-state index >= 15 is 0 Å². The second-order valence-corrected chi connectivity index (χ2v) is 6.15. The Morgan fingerprint density at radius 3 is 2.50 bits per heavy atom. The number of halogens is 1. The molecule has 1 atom stereocenters. The summed E-state index contributed by atoms with van der Waals surface area (Å²) in [4.78, 5) is 26.1. The summed E-state index contributed by atoms with van der Waals surface area (Å²) in [5.41, 5.74) is 3.42. The number of nitrogens with one attached hydrogen (secondary N) is 1. The van der Waals surface area contributed by atoms with Crippen LogP contribution >= 0.6 is 0 Å². The lowest BCUT2D eigenvalue weighted by molar-refractivity contribution is -0.117. The maximum atomic E-state index is 13.0. The van der Waals surface area contributed by atoms with Gasteiger partial charge in [-0.15, -0.1) is 0 Å². The Morgan fingerprint density at radius 1 is 1.12 bits per heavy atom. The van der Waals surface area contributed by atoms with Gasteiger partial charge in [0.15, 0.2) is 0 Å². The van der Waals surface area contributed by atoms with Gasteiger partial charge in [-0.25, -0.2) is 4.39 Å². The molecule has 124 valence electrons. The lowest BCUT2D eigenvalue weighted by Gasteiger charge is -2.17. The molecule has 2 amide bonds. The van der Waals surface area contributed by atoms with Crippen molar-refractivity contribution in [1.82, 2.24) is 5.32 Å². The first-order valence-electron chi connectivity index (χ1n) is 7.88. The van der Waals surface area contributed by atoms with Crippen LogP contribution in [0, 0.1) is 19.7 Å². The molecule has 1 saturated heterocycles. The molecule has 3 rings (SSSR count). The molecule has 2 aromatic carbocycles. The van der Waals surface area contributed by atoms with E-state index in [0.29, 0.717) is 17.8 Å². The van der Waals surface area contributed by atoms with Gasteiger partial charge in [0.1, 0.15) is 5.82 Å². The van der Waals surface area contributed by atoms with Crippen molar-refractivity contribution < 1.29 is 14.0 Å². The van der Waals surface area contributed by atoms with Crippen molar-refractivity contribution in [1.29, 1.82) is 0 Å². The zero-order chi connectivity index (χ0) is 17.3. The number of carbonyl (C=O) groups excluding carboxylic acids is 2. The highest BCUT2D eigenvalue weighted by atomic mass is 19.1. The molecule has 5 heteroatoms. The minimum absolute atomic E-state index is 0.0769. The third kappa shape index (κ3) is 3.30. The van der Waals surface area contributed by atoms with Crippen LogP contribution in [0.25, 0.3) is 0 Å². The lowest BCUT2D eigenvalue weighted by Crippen LogP contribution is -2.37. The molecule has 2 aromatic rings. The number of rotatable bonds is 3. The lowest BCUT2D eigenvalue weighted by atomic mass is 10.1. The average molecular weight is 326 g/mol. The Kier molecular flexibility index (Phi) is 4.34. The summed E-state index contributed by atoms with van der Waals surface area (Å²) < 4.78 is 13.0. The molecule has 0 saturated carbocycles. The van der Waals surface area contributed by atoms with E-state index < -0.39 is 0 Å². The second kappa shape index (κ2) is 6.43. The molecule has 1 aliphatic heterocycles. The number of hydrogen-bond donors (Lipinski definition) is 1. The van der Waals surface area contributed by atoms with Crippen molar-refractivity contribution in [2.45, 2.75) is 26.3 Å². The fourth-order valence-corrected chi connectivity index (χ4v) is 2.83. The van der Waals surface area contributed by atoms with E-state index in [1.54, 1.807) is 23.1 Å². The monoisotopic (exact) mass is 326 g/mol. The predicted octanol–water partition coefficient (Wildman–Crippen LogP) is 2.98. The minimum atomic E-state index is -0.343. The molecule has 0 bridgehead atoms. The van der Waals surface area contributed by atoms with Crippen LogP contribution in [-0.2, 0) is 4.79 Å². The van der Waals surface area contributed by atoms with Gasteiger partial charge in [-0.2, -0.15) is 0 Å². The van der Waals surface area contributed by atoms with E-state index in [9.17, 15) is 14.0 Å². The molecule has 1 N–H and O–H groups in total. The van der Waals surface area contributed by atoms with E-state index in [1.165, 1.54) is 12.1 Å². The number of carbonyl (C=O) groups is 2. The van der Waals surface area contributed by atoms with Crippen LogP contribution in [0.4, 0.5) is 10.1 Å². The fraction of sp³-hybridized carbons (Fsp3) is 0.263. The number of amides is 2. The zero-order valence-corrected chi connectivity index (χ0v) is 13.7. The Morgan fingerprint density at radius 2 is 1.83 bits per heavy atom. The molecule has 1 unspecified atom stereocenters. The zero-order valence-electron chi connectivity index (χ0n) is 13.7. The molecule has 24 heavy (non-hydrogen) atoms. The molecule has 1 fully saturated rings. The van der Waals surface area contributed by atoms with E-state index in [1.807, 2.05) is 26.0 Å². The molecular formula is C19H19FN2O2. The van der Waals surface area contributed by atoms with Crippen molar-refractivity contribution in [2.75, 3.05) is 11.4 Å². The molecule has 0 aliphatic carbocycles. The van der Waals surface area contributed by atoms with Crippen LogP contribution in [0.1, 0.15) is 27.9 Å². The van der Waals surface area contributed by atoms with Crippen molar-refractivity contribution in [2.24, 2.45) is 0 Å². The van der Waals surface area contributed by atoms with Gasteiger partial charge in [-0.05, 0) is 61.4 Å². The van der Waals surface area contributed by atoms with E-state index in [-0.39, 0.29) is 30.1 Å². The van der Waals surface area contributed by atoms with Gasteiger partial charge in [0, 0.05) is 24.2 Å². The standard InChI is InChI=1S/C19H19FN2O2/c1-12-3-4-14(9-13(12)2)19(24)21-16-10-18(23)22(11-16)17-7-5-15(20)6-8-17/h3-9,16H,10-11H2,1-2H3,(H,21,24). The number of anilines is 1. The highest BCUT2D eigenvalue weighted by Gasteiger charge is 2.31. The molecule has 0 radical (unpaired) electrons. The first kappa shape index (κ1) is 16.2. The van der Waals surface area contributed by atoms with Crippen molar-refractivity contribution >= 4 is 17.5 Å². The number of aryl methyl sites for hydroxylation is 2. The Balaban J connectivity index is 1.68. The van der Waals surface area contributed by atoms with Crippen LogP contribution in [0.2, 0.25) is 0 Å². The van der Waals surface area contributed by atoms with Gasteiger partial charge in [-0.3, -0.25) is 9.59 Å². The van der Waals surface area contributed by atoms with E-state index in [4.69, 9.17) is 0 Å². The fourth-order valence-electron chi connectivity index (χ4n) is 2.83. The summed E-state index contributed by atoms with van der Waals surface area (Å²) >= 11 is 0. The smallest absolute Gasteiger partial charge is 0.251 e. The first-order chi connectivity index (χ1) is 11.4. The van der Waals surface area contributed by atoms with E-state index in [2.05, 4.69) is 5.32 Å². The summed E-state index contributed by atoms with van der Waals surface area (Å²) in [6.07, 6.45) is 0.244. The van der Waals surface area contributed by atoms with Gasteiger partial charge < -0.3 is 10.2 Å². The second-order valence-electron chi connectivity index (χ2n) is 6.15. The number of benzene rings is 2. The summed E-state index contributed by atoms with van der Waals surface area (Å²) in [5.74, 6) is -0.603. The van der Waals surface area contributed by atoms with E-state index in [0.717, 1.165) is 11.1 Å². The van der Waals surface area contributed by atoms with Gasteiger partial charge in [0.05, 0.1) is 6.04 Å². The third-order valence-electron chi connectivity index (χ3n) is 4.37. The van der Waals surface area contributed by atoms with Crippen LogP contribution < -0.4 is 10.2 Å². The molecule has 1 aliphatic rings. The summed E-state index contributed by atoms with van der Waals surface area (Å²) in [6.45, 7) is 4.34. The molecule has 0 spiro atoms. The summed E-state index contributed by atoms with van der Waals surface area (Å²) in [5, 5.41) is 2.91. The van der Waals surface area contributed by atoms with Crippen molar-refractivity contribution in [3.8, 4) is 0 Å². The molecule has 4 nitrogen and oxygen atoms in total. The normalized spacial score (nSPS) is 17.2. The van der Waals surface area contributed by atoms with Gasteiger partial charge in [-0.1, -0.05) is 6.07 Å². The van der Waals surface area contributed by atoms with Crippen LogP contribution in [0.3, 0.4) is 0 Å². The first-order valence-corrected chi connectivity index (χ1v) is 7.88. The quantitative estimate of drug-likeness (QED) is 0.943. The van der Waals surface area contributed by atoms with Crippen LogP contribution in [0.5, 0.6) is 0 Å². The molecule has 0 aromatic heterocycles. The predicted molar refractivity (Wildman–Crippen MR) is 90.5 cm³/mol. The Bertz CT molecular complexity index is 786. The van der Waals surface area contributed by atoms with Gasteiger partial charge >= 0.3 is 0 Å². The molecular weight excluding hydrogens is 307 g/mol. The maximum absolute atomic E-state index is 13.0. The van der Waals surface area contributed by atoms with Gasteiger partial charge in [0.25, 0.3) is 5.91 Å². The Hall–Kier alpha value is -2.69. The third-order valence-corrected chi connectivity index (χ3v) is 4.37. The van der Waals surface area contributed by atoms with Crippen LogP contribution in [-0.4, -0.2) is 24.4 Å². The Labute approximate surface area is 140 Å². The maximum Gasteiger partial charge on any atom is 0.251 e. The highest BCUT2D eigenvalue weighted by Crippen LogP contribution is 2.22. The van der Waals surface area contributed by atoms with Crippen molar-refractivity contribution in [3.05, 3.63) is 65.0 Å². The topological polar surface area (TPSA) is 49.4 Å². The van der Waals surface area contributed by atoms with Crippen molar-refractivity contribution in [3.63, 3.8) is 0 Å². The summed E-state index contributed by atoms with van der Waals surface area (Å²) in [6, 6.07) is 11.1. The van der Waals surface area contributed by atoms with Gasteiger partial charge in [0.2, 0.25) is 5.91 Å². The minimum Gasteiger partial charge on any atom is -0.347 e. The average Bonchev–Trinajstić information content (AvgIpc) is 2.91. The number of nitrogens with zero attached hydrogens (tertiary/aromatic N) is 1. The largest absolute Gasteiger partial charge is 0.347 e. The highest BCUT2D eigenvalue weighted by molar-refractivity contribution is 5.99. The summed E-state index contributed by atoms with van der Waals surface area (Å²) in [7, 11) is 0.